The lowest BCUT2D eigenvalue weighted by Crippen LogP contribution is -2.31. The Morgan fingerprint density at radius 1 is 1.09 bits per heavy atom. The number of allylic oxidation sites excluding steroid dienone is 1. The Morgan fingerprint density at radius 3 is 2.52 bits per heavy atom. The van der Waals surface area contributed by atoms with Crippen LogP contribution in [0.3, 0.4) is 0 Å². The normalized spacial score (nSPS) is 15.0. The summed E-state index contributed by atoms with van der Waals surface area (Å²) >= 11 is 1.44. The van der Waals surface area contributed by atoms with Gasteiger partial charge in [0.15, 0.2) is 11.5 Å². The molecule has 0 radical (unpaired) electrons. The first kappa shape index (κ1) is 22.7. The Morgan fingerprint density at radius 2 is 1.85 bits per heavy atom. The highest BCUT2D eigenvalue weighted by atomic mass is 32.2. The van der Waals surface area contributed by atoms with Gasteiger partial charge in [-0.15, -0.1) is 5.10 Å². The Hall–Kier alpha value is -3.46. The Balaban J connectivity index is 1.82. The zero-order valence-electron chi connectivity index (χ0n) is 19.5. The van der Waals surface area contributed by atoms with E-state index in [0.29, 0.717) is 33.9 Å². The van der Waals surface area contributed by atoms with Crippen molar-refractivity contribution in [2.75, 3.05) is 31.1 Å². The summed E-state index contributed by atoms with van der Waals surface area (Å²) in [6.45, 7) is 5.88. The van der Waals surface area contributed by atoms with Gasteiger partial charge in [-0.1, -0.05) is 35.5 Å². The average Bonchev–Trinajstić information content (AvgIpc) is 3.22. The predicted molar refractivity (Wildman–Crippen MR) is 130 cm³/mol. The Labute approximate surface area is 197 Å². The minimum absolute atomic E-state index is 0.210. The van der Waals surface area contributed by atoms with Gasteiger partial charge in [0.25, 0.3) is 5.91 Å². The van der Waals surface area contributed by atoms with E-state index < -0.39 is 6.04 Å². The molecule has 2 heterocycles. The minimum atomic E-state index is -0.500. The van der Waals surface area contributed by atoms with Crippen molar-refractivity contribution >= 4 is 29.3 Å². The number of carbonyl (C=O) groups excluding carboxylic acids is 1. The molecule has 0 fully saturated rings. The number of aryl methyl sites for hydroxylation is 2. The number of nitrogens with zero attached hydrogens (tertiary/aromatic N) is 3. The van der Waals surface area contributed by atoms with E-state index in [1.807, 2.05) is 63.4 Å². The summed E-state index contributed by atoms with van der Waals surface area (Å²) < 4.78 is 12.7. The molecule has 2 N–H and O–H groups in total. The van der Waals surface area contributed by atoms with Gasteiger partial charge in [0.05, 0.1) is 19.8 Å². The highest BCUT2D eigenvalue weighted by molar-refractivity contribution is 7.98. The van der Waals surface area contributed by atoms with Crippen molar-refractivity contribution in [3.63, 3.8) is 0 Å². The molecule has 0 saturated carbocycles. The zero-order valence-corrected chi connectivity index (χ0v) is 20.3. The van der Waals surface area contributed by atoms with Crippen LogP contribution in [0.4, 0.5) is 11.6 Å². The smallest absolute Gasteiger partial charge is 0.255 e. The molecule has 1 aliphatic heterocycles. The summed E-state index contributed by atoms with van der Waals surface area (Å²) in [6.07, 6.45) is 1.92. The molecule has 4 rings (SSSR count). The van der Waals surface area contributed by atoms with Crippen LogP contribution in [0.1, 0.15) is 29.7 Å². The van der Waals surface area contributed by atoms with Crippen LogP contribution in [-0.2, 0) is 4.79 Å². The molecule has 0 saturated heterocycles. The minimum Gasteiger partial charge on any atom is -0.493 e. The number of thioether (sulfide) groups is 1. The molecule has 2 aromatic carbocycles. The lowest BCUT2D eigenvalue weighted by atomic mass is 9.94. The van der Waals surface area contributed by atoms with E-state index in [4.69, 9.17) is 9.47 Å². The third-order valence-electron chi connectivity index (χ3n) is 5.61. The molecule has 1 aliphatic rings. The largest absolute Gasteiger partial charge is 0.493 e. The first-order valence-electron chi connectivity index (χ1n) is 10.4. The molecule has 3 aromatic rings. The van der Waals surface area contributed by atoms with Crippen LogP contribution in [0.5, 0.6) is 11.5 Å². The first-order valence-corrected chi connectivity index (χ1v) is 11.7. The van der Waals surface area contributed by atoms with Crippen molar-refractivity contribution in [3.8, 4) is 11.5 Å². The molecule has 1 amide bonds. The molecule has 0 bridgehead atoms. The predicted octanol–water partition coefficient (Wildman–Crippen LogP) is 4.56. The molecule has 172 valence electrons. The number of amides is 1. The maximum absolute atomic E-state index is 13.6. The van der Waals surface area contributed by atoms with E-state index in [0.717, 1.165) is 22.4 Å². The Kier molecular flexibility index (Phi) is 6.33. The summed E-state index contributed by atoms with van der Waals surface area (Å²) in [4.78, 5) is 18.2. The topological polar surface area (TPSA) is 90.3 Å². The van der Waals surface area contributed by atoms with Crippen molar-refractivity contribution in [1.29, 1.82) is 0 Å². The molecule has 9 heteroatoms. The van der Waals surface area contributed by atoms with E-state index in [9.17, 15) is 4.79 Å². The van der Waals surface area contributed by atoms with Crippen LogP contribution < -0.4 is 20.1 Å². The molecular weight excluding hydrogens is 438 g/mol. The van der Waals surface area contributed by atoms with Gasteiger partial charge < -0.3 is 20.1 Å². The third kappa shape index (κ3) is 4.28. The molecule has 0 spiro atoms. The standard InChI is InChI=1S/C24H27N5O3S/c1-13-7-9-17(14(2)11-13)26-22(30)20-15(3)25-23-27-24(33-6)28-29(23)21(20)16-8-10-18(31-4)19(12-16)32-5/h7-12,21H,1-6H3,(H,26,30)(H,25,27,28)/t21-/m0/s1. The SMILES string of the molecule is COc1ccc([C@H]2C(C(=O)Nc3ccc(C)cc3C)=C(C)Nc3nc(SC)nn32)cc1OC. The van der Waals surface area contributed by atoms with Crippen LogP contribution in [0.15, 0.2) is 52.8 Å². The second-order valence-electron chi connectivity index (χ2n) is 7.82. The van der Waals surface area contributed by atoms with E-state index in [-0.39, 0.29) is 5.91 Å². The van der Waals surface area contributed by atoms with Gasteiger partial charge in [-0.25, -0.2) is 4.68 Å². The second kappa shape index (κ2) is 9.19. The van der Waals surface area contributed by atoms with Crippen molar-refractivity contribution in [2.24, 2.45) is 0 Å². The summed E-state index contributed by atoms with van der Waals surface area (Å²) in [7, 11) is 3.18. The lowest BCUT2D eigenvalue weighted by Gasteiger charge is -2.29. The van der Waals surface area contributed by atoms with Gasteiger partial charge in [-0.3, -0.25) is 4.79 Å². The van der Waals surface area contributed by atoms with Crippen molar-refractivity contribution in [1.82, 2.24) is 14.8 Å². The number of anilines is 2. The van der Waals surface area contributed by atoms with Gasteiger partial charge in [0, 0.05) is 11.4 Å². The van der Waals surface area contributed by atoms with Crippen molar-refractivity contribution < 1.29 is 14.3 Å². The summed E-state index contributed by atoms with van der Waals surface area (Å²) in [5.41, 5.74) is 5.00. The molecular formula is C24H27N5O3S. The number of rotatable bonds is 6. The van der Waals surface area contributed by atoms with Gasteiger partial charge in [0.2, 0.25) is 11.1 Å². The quantitative estimate of drug-likeness (QED) is 0.516. The second-order valence-corrected chi connectivity index (χ2v) is 8.59. The van der Waals surface area contributed by atoms with Crippen molar-refractivity contribution in [2.45, 2.75) is 32.0 Å². The number of methoxy groups -OCH3 is 2. The van der Waals surface area contributed by atoms with Gasteiger partial charge >= 0.3 is 0 Å². The van der Waals surface area contributed by atoms with Crippen LogP contribution in [0.25, 0.3) is 0 Å². The number of carbonyl (C=O) groups is 1. The maximum atomic E-state index is 13.6. The van der Waals surface area contributed by atoms with E-state index in [1.54, 1.807) is 18.9 Å². The van der Waals surface area contributed by atoms with E-state index in [1.165, 1.54) is 11.8 Å². The molecule has 0 unspecified atom stereocenters. The third-order valence-corrected chi connectivity index (χ3v) is 6.15. The fraction of sp³-hybridized carbons (Fsp3) is 0.292. The highest BCUT2D eigenvalue weighted by Crippen LogP contribution is 2.39. The number of hydrogen-bond donors (Lipinski definition) is 2. The fourth-order valence-corrected chi connectivity index (χ4v) is 4.33. The van der Waals surface area contributed by atoms with E-state index in [2.05, 4.69) is 20.7 Å². The first-order chi connectivity index (χ1) is 15.9. The number of aromatic nitrogens is 3. The molecule has 0 aliphatic carbocycles. The van der Waals surface area contributed by atoms with Crippen LogP contribution >= 0.6 is 11.8 Å². The fourth-order valence-electron chi connectivity index (χ4n) is 3.99. The van der Waals surface area contributed by atoms with Crippen LogP contribution in [0.2, 0.25) is 0 Å². The van der Waals surface area contributed by atoms with Gasteiger partial charge in [0.1, 0.15) is 6.04 Å². The van der Waals surface area contributed by atoms with Gasteiger partial charge in [-0.05, 0) is 56.4 Å². The van der Waals surface area contributed by atoms with Crippen LogP contribution in [-0.4, -0.2) is 41.1 Å². The summed E-state index contributed by atoms with van der Waals surface area (Å²) in [6, 6.07) is 11.1. The zero-order chi connectivity index (χ0) is 23.7. The molecule has 1 aromatic heterocycles. The lowest BCUT2D eigenvalue weighted by molar-refractivity contribution is -0.113. The van der Waals surface area contributed by atoms with Crippen LogP contribution in [0, 0.1) is 13.8 Å². The molecule has 1 atom stereocenters. The maximum Gasteiger partial charge on any atom is 0.255 e. The van der Waals surface area contributed by atoms with Crippen molar-refractivity contribution in [3.05, 3.63) is 64.4 Å². The number of fused-ring (bicyclic) bond motifs is 1. The Bertz CT molecular complexity index is 1250. The summed E-state index contributed by atoms with van der Waals surface area (Å²) in [5, 5.41) is 11.6. The number of hydrogen-bond acceptors (Lipinski definition) is 7. The monoisotopic (exact) mass is 465 g/mol. The number of nitrogens with one attached hydrogen (secondary N) is 2. The highest BCUT2D eigenvalue weighted by Gasteiger charge is 2.35. The average molecular weight is 466 g/mol. The summed E-state index contributed by atoms with van der Waals surface area (Å²) in [5.74, 6) is 1.56. The van der Waals surface area contributed by atoms with E-state index >= 15 is 0 Å². The van der Waals surface area contributed by atoms with Gasteiger partial charge in [-0.2, -0.15) is 4.98 Å². The number of benzene rings is 2. The molecule has 8 nitrogen and oxygen atoms in total. The molecule has 33 heavy (non-hydrogen) atoms. The number of ether oxygens (including phenoxy) is 2.